The van der Waals surface area contributed by atoms with Gasteiger partial charge >= 0.3 is 0 Å². The third-order valence-electron chi connectivity index (χ3n) is 4.08. The van der Waals surface area contributed by atoms with E-state index in [9.17, 15) is 19.7 Å². The number of rotatable bonds is 5. The number of hydrogen-bond acceptors (Lipinski definition) is 5. The zero-order valence-electron chi connectivity index (χ0n) is 14.3. The summed E-state index contributed by atoms with van der Waals surface area (Å²) in [6.07, 6.45) is 0. The standard InChI is InChI=1S/C18H12Cl3N3O4/c1-8(25)15-17(26)12-5-11(24(27)28)6-14(21)16(12)23-18(15)22-7-9-2-3-10(19)4-13(9)20/h2-6H,7H2,1H3,(H2,22,23,26). The summed E-state index contributed by atoms with van der Waals surface area (Å²) in [6, 6.07) is 7.17. The third-order valence-corrected chi connectivity index (χ3v) is 4.97. The number of halogens is 3. The number of H-pyrrole nitrogens is 1. The molecule has 0 spiro atoms. The SMILES string of the molecule is CC(=O)c1c(NCc2ccc(Cl)cc2Cl)[nH]c2c(Cl)cc([N+](=O)[O-])cc2c1=O. The first-order chi connectivity index (χ1) is 13.2. The Labute approximate surface area is 173 Å². The van der Waals surface area contributed by atoms with Gasteiger partial charge in [-0.15, -0.1) is 0 Å². The van der Waals surface area contributed by atoms with Gasteiger partial charge in [-0.25, -0.2) is 0 Å². The lowest BCUT2D eigenvalue weighted by atomic mass is 10.1. The Kier molecular flexibility index (Phi) is 5.60. The summed E-state index contributed by atoms with van der Waals surface area (Å²) in [7, 11) is 0. The van der Waals surface area contributed by atoms with Gasteiger partial charge in [-0.2, -0.15) is 0 Å². The van der Waals surface area contributed by atoms with Crippen molar-refractivity contribution in [3.63, 3.8) is 0 Å². The Balaban J connectivity index is 2.13. The Morgan fingerprint density at radius 3 is 2.50 bits per heavy atom. The van der Waals surface area contributed by atoms with Gasteiger partial charge in [-0.1, -0.05) is 40.9 Å². The molecule has 2 aromatic carbocycles. The second-order valence-electron chi connectivity index (χ2n) is 5.96. The van der Waals surface area contributed by atoms with Crippen LogP contribution in [-0.2, 0) is 6.54 Å². The van der Waals surface area contributed by atoms with Crippen LogP contribution in [0, 0.1) is 10.1 Å². The zero-order valence-corrected chi connectivity index (χ0v) is 16.6. The summed E-state index contributed by atoms with van der Waals surface area (Å²) < 4.78 is 0. The summed E-state index contributed by atoms with van der Waals surface area (Å²) in [5, 5.41) is 14.9. The predicted molar refractivity (Wildman–Crippen MR) is 110 cm³/mol. The van der Waals surface area contributed by atoms with Crippen molar-refractivity contribution in [3.8, 4) is 0 Å². The number of Topliss-reactive ketones (excluding diaryl/α,β-unsaturated/α-hetero) is 1. The molecule has 0 radical (unpaired) electrons. The zero-order chi connectivity index (χ0) is 20.6. The minimum Gasteiger partial charge on any atom is -0.367 e. The van der Waals surface area contributed by atoms with Crippen molar-refractivity contribution in [1.29, 1.82) is 0 Å². The fourth-order valence-electron chi connectivity index (χ4n) is 2.76. The van der Waals surface area contributed by atoms with Gasteiger partial charge in [-0.3, -0.25) is 19.7 Å². The lowest BCUT2D eigenvalue weighted by molar-refractivity contribution is -0.384. The molecule has 0 fully saturated rings. The number of hydrogen-bond donors (Lipinski definition) is 2. The Morgan fingerprint density at radius 2 is 1.89 bits per heavy atom. The molecule has 1 heterocycles. The molecule has 2 N–H and O–H groups in total. The molecule has 0 aliphatic carbocycles. The molecule has 0 amide bonds. The fourth-order valence-corrected chi connectivity index (χ4v) is 3.49. The summed E-state index contributed by atoms with van der Waals surface area (Å²) in [6.45, 7) is 1.43. The number of nitrogens with zero attached hydrogens (tertiary/aromatic N) is 1. The number of anilines is 1. The minimum atomic E-state index is -0.660. The van der Waals surface area contributed by atoms with Crippen LogP contribution in [0.4, 0.5) is 11.5 Å². The minimum absolute atomic E-state index is 0.0102. The summed E-state index contributed by atoms with van der Waals surface area (Å²) in [5.74, 6) is -0.359. The van der Waals surface area contributed by atoms with Crippen LogP contribution in [0.1, 0.15) is 22.8 Å². The maximum atomic E-state index is 12.8. The number of nitrogens with one attached hydrogen (secondary N) is 2. The van der Waals surface area contributed by atoms with Crippen LogP contribution in [0.2, 0.25) is 15.1 Å². The van der Waals surface area contributed by atoms with Crippen molar-refractivity contribution in [2.45, 2.75) is 13.5 Å². The number of carbonyl (C=O) groups excluding carboxylic acids is 1. The number of aromatic nitrogens is 1. The van der Waals surface area contributed by atoms with E-state index in [1.807, 2.05) is 0 Å². The van der Waals surface area contributed by atoms with E-state index in [4.69, 9.17) is 34.8 Å². The number of nitro groups is 1. The van der Waals surface area contributed by atoms with Crippen molar-refractivity contribution in [3.05, 3.63) is 76.9 Å². The van der Waals surface area contributed by atoms with Gasteiger partial charge in [0.25, 0.3) is 5.69 Å². The van der Waals surface area contributed by atoms with Crippen LogP contribution in [0.15, 0.2) is 35.1 Å². The maximum Gasteiger partial charge on any atom is 0.271 e. The van der Waals surface area contributed by atoms with Gasteiger partial charge in [-0.05, 0) is 24.6 Å². The number of non-ortho nitro benzene ring substituents is 1. The van der Waals surface area contributed by atoms with Crippen LogP contribution in [0.5, 0.6) is 0 Å². The molecule has 144 valence electrons. The number of fused-ring (bicyclic) bond motifs is 1. The number of benzene rings is 2. The van der Waals surface area contributed by atoms with Crippen LogP contribution in [-0.4, -0.2) is 15.7 Å². The van der Waals surface area contributed by atoms with E-state index < -0.39 is 16.1 Å². The van der Waals surface area contributed by atoms with Crippen molar-refractivity contribution in [2.24, 2.45) is 0 Å². The third kappa shape index (κ3) is 3.82. The van der Waals surface area contributed by atoms with E-state index in [1.165, 1.54) is 6.92 Å². The molecule has 0 saturated carbocycles. The number of aromatic amines is 1. The highest BCUT2D eigenvalue weighted by Crippen LogP contribution is 2.29. The molecule has 3 aromatic rings. The highest BCUT2D eigenvalue weighted by atomic mass is 35.5. The van der Waals surface area contributed by atoms with Crippen molar-refractivity contribution >= 4 is 63.0 Å². The van der Waals surface area contributed by atoms with E-state index in [-0.39, 0.29) is 39.5 Å². The quantitative estimate of drug-likeness (QED) is 0.322. The first-order valence-electron chi connectivity index (χ1n) is 7.91. The number of ketones is 1. The Hall–Kier alpha value is -2.61. The number of nitro benzene ring substituents is 1. The summed E-state index contributed by atoms with van der Waals surface area (Å²) in [5.41, 5.74) is -0.278. The fraction of sp³-hybridized carbons (Fsp3) is 0.111. The molecule has 0 unspecified atom stereocenters. The molecular weight excluding hydrogens is 429 g/mol. The average molecular weight is 441 g/mol. The Bertz CT molecular complexity index is 1190. The second-order valence-corrected chi connectivity index (χ2v) is 7.21. The van der Waals surface area contributed by atoms with E-state index >= 15 is 0 Å². The van der Waals surface area contributed by atoms with Crippen LogP contribution in [0.25, 0.3) is 10.9 Å². The molecule has 0 aliphatic heterocycles. The molecule has 7 nitrogen and oxygen atoms in total. The highest BCUT2D eigenvalue weighted by Gasteiger charge is 2.20. The van der Waals surface area contributed by atoms with Gasteiger partial charge in [0.1, 0.15) is 11.4 Å². The first-order valence-corrected chi connectivity index (χ1v) is 9.05. The molecule has 3 rings (SSSR count). The predicted octanol–water partition coefficient (Wildman–Crippen LogP) is 5.21. The molecule has 0 aliphatic rings. The molecule has 10 heteroatoms. The second kappa shape index (κ2) is 7.79. The van der Waals surface area contributed by atoms with E-state index in [0.717, 1.165) is 12.1 Å². The smallest absolute Gasteiger partial charge is 0.271 e. The number of pyridine rings is 1. The maximum absolute atomic E-state index is 12.8. The molecule has 0 saturated heterocycles. The summed E-state index contributed by atoms with van der Waals surface area (Å²) >= 11 is 18.1. The Morgan fingerprint density at radius 1 is 1.18 bits per heavy atom. The van der Waals surface area contributed by atoms with Gasteiger partial charge < -0.3 is 10.3 Å². The van der Waals surface area contributed by atoms with Crippen LogP contribution in [0.3, 0.4) is 0 Å². The van der Waals surface area contributed by atoms with E-state index in [2.05, 4.69) is 10.3 Å². The normalized spacial score (nSPS) is 10.9. The molecule has 0 atom stereocenters. The number of carbonyl (C=O) groups is 1. The lowest BCUT2D eigenvalue weighted by Crippen LogP contribution is -2.19. The van der Waals surface area contributed by atoms with E-state index in [0.29, 0.717) is 15.6 Å². The van der Waals surface area contributed by atoms with Crippen LogP contribution >= 0.6 is 34.8 Å². The molecule has 28 heavy (non-hydrogen) atoms. The highest BCUT2D eigenvalue weighted by molar-refractivity contribution is 6.35. The molecule has 1 aromatic heterocycles. The van der Waals surface area contributed by atoms with Crippen molar-refractivity contribution < 1.29 is 9.72 Å². The van der Waals surface area contributed by atoms with Crippen molar-refractivity contribution in [1.82, 2.24) is 4.98 Å². The van der Waals surface area contributed by atoms with Crippen molar-refractivity contribution in [2.75, 3.05) is 5.32 Å². The topological polar surface area (TPSA) is 105 Å². The lowest BCUT2D eigenvalue weighted by Gasteiger charge is -2.13. The molecule has 0 bridgehead atoms. The molecular formula is C18H12Cl3N3O4. The van der Waals surface area contributed by atoms with Crippen LogP contribution < -0.4 is 10.7 Å². The van der Waals surface area contributed by atoms with E-state index in [1.54, 1.807) is 18.2 Å². The van der Waals surface area contributed by atoms with Gasteiger partial charge in [0, 0.05) is 28.7 Å². The van der Waals surface area contributed by atoms with Gasteiger partial charge in [0.15, 0.2) is 5.78 Å². The van der Waals surface area contributed by atoms with Gasteiger partial charge in [0.05, 0.1) is 20.8 Å². The average Bonchev–Trinajstić information content (AvgIpc) is 2.61. The summed E-state index contributed by atoms with van der Waals surface area (Å²) in [4.78, 5) is 38.2. The monoisotopic (exact) mass is 439 g/mol. The largest absolute Gasteiger partial charge is 0.367 e. The van der Waals surface area contributed by atoms with Gasteiger partial charge in [0.2, 0.25) is 5.43 Å². The first kappa shape index (κ1) is 20.1.